The third-order valence-electron chi connectivity index (χ3n) is 4.47. The fourth-order valence-electron chi connectivity index (χ4n) is 2.90. The Balaban J connectivity index is 1.67. The Morgan fingerprint density at radius 3 is 2.34 bits per heavy atom. The van der Waals surface area contributed by atoms with Gasteiger partial charge in [-0.1, -0.05) is 50.6 Å². The highest BCUT2D eigenvalue weighted by Crippen LogP contribution is 2.31. The van der Waals surface area contributed by atoms with E-state index in [1.54, 1.807) is 24.3 Å². The molecule has 2 aromatic carbocycles. The molecule has 0 saturated carbocycles. The molecule has 1 heterocycles. The van der Waals surface area contributed by atoms with Gasteiger partial charge in [-0.2, -0.15) is 0 Å². The van der Waals surface area contributed by atoms with E-state index in [1.807, 2.05) is 30.3 Å². The molecule has 29 heavy (non-hydrogen) atoms. The van der Waals surface area contributed by atoms with Crippen molar-refractivity contribution in [3.05, 3.63) is 65.0 Å². The van der Waals surface area contributed by atoms with Gasteiger partial charge in [0, 0.05) is 28.1 Å². The first kappa shape index (κ1) is 20.7. The molecule has 6 heteroatoms. The minimum atomic E-state index is -0.218. The van der Waals surface area contributed by atoms with Crippen molar-refractivity contribution >= 4 is 34.0 Å². The first-order valence-corrected chi connectivity index (χ1v) is 10.7. The number of nitrogens with zero attached hydrogens (tertiary/aromatic N) is 1. The summed E-state index contributed by atoms with van der Waals surface area (Å²) in [7, 11) is 0. The van der Waals surface area contributed by atoms with Crippen molar-refractivity contribution < 1.29 is 9.59 Å². The number of aromatic nitrogens is 1. The zero-order valence-corrected chi connectivity index (χ0v) is 17.5. The predicted octanol–water partition coefficient (Wildman–Crippen LogP) is 5.75. The van der Waals surface area contributed by atoms with Crippen LogP contribution in [0.3, 0.4) is 0 Å². The highest BCUT2D eigenvalue weighted by Gasteiger charge is 2.14. The van der Waals surface area contributed by atoms with E-state index in [2.05, 4.69) is 29.5 Å². The lowest BCUT2D eigenvalue weighted by atomic mass is 10.1. The van der Waals surface area contributed by atoms with Gasteiger partial charge in [-0.3, -0.25) is 14.9 Å². The molecule has 150 valence electrons. The van der Waals surface area contributed by atoms with Crippen LogP contribution in [0.2, 0.25) is 0 Å². The number of anilines is 2. The molecule has 1 aromatic heterocycles. The van der Waals surface area contributed by atoms with Gasteiger partial charge in [0.1, 0.15) is 0 Å². The van der Waals surface area contributed by atoms with Gasteiger partial charge in [-0.25, -0.2) is 4.98 Å². The van der Waals surface area contributed by atoms with Crippen LogP contribution >= 0.6 is 11.3 Å². The normalized spacial score (nSPS) is 10.6. The molecule has 0 aliphatic rings. The molecule has 0 atom stereocenters. The Morgan fingerprint density at radius 2 is 1.69 bits per heavy atom. The highest BCUT2D eigenvalue weighted by molar-refractivity contribution is 7.16. The van der Waals surface area contributed by atoms with Gasteiger partial charge in [0.2, 0.25) is 5.91 Å². The summed E-state index contributed by atoms with van der Waals surface area (Å²) in [4.78, 5) is 30.2. The highest BCUT2D eigenvalue weighted by atomic mass is 32.1. The first-order valence-electron chi connectivity index (χ1n) is 9.87. The average Bonchev–Trinajstić information content (AvgIpc) is 3.16. The molecule has 0 radical (unpaired) electrons. The van der Waals surface area contributed by atoms with E-state index in [1.165, 1.54) is 11.3 Å². The minimum Gasteiger partial charge on any atom is -0.326 e. The van der Waals surface area contributed by atoms with Crippen LogP contribution in [0.1, 0.15) is 48.3 Å². The molecule has 0 aliphatic carbocycles. The number of rotatable bonds is 8. The lowest BCUT2D eigenvalue weighted by Gasteiger charge is -2.06. The second-order valence-corrected chi connectivity index (χ2v) is 7.78. The summed E-state index contributed by atoms with van der Waals surface area (Å²) < 4.78 is 0. The van der Waals surface area contributed by atoms with Crippen LogP contribution in [0.4, 0.5) is 10.8 Å². The summed E-state index contributed by atoms with van der Waals surface area (Å²) in [6, 6.07) is 16.9. The number of carbonyl (C=O) groups is 2. The predicted molar refractivity (Wildman–Crippen MR) is 119 cm³/mol. The van der Waals surface area contributed by atoms with Gasteiger partial charge >= 0.3 is 0 Å². The lowest BCUT2D eigenvalue weighted by Crippen LogP contribution is -2.13. The molecule has 0 aliphatic heterocycles. The van der Waals surface area contributed by atoms with Crippen LogP contribution < -0.4 is 10.6 Å². The van der Waals surface area contributed by atoms with E-state index in [-0.39, 0.29) is 11.8 Å². The topological polar surface area (TPSA) is 71.1 Å². The molecule has 0 spiro atoms. The van der Waals surface area contributed by atoms with Crippen LogP contribution in [0.5, 0.6) is 0 Å². The average molecular weight is 408 g/mol. The number of hydrogen-bond donors (Lipinski definition) is 2. The zero-order valence-electron chi connectivity index (χ0n) is 16.7. The van der Waals surface area contributed by atoms with E-state index in [0.29, 0.717) is 22.8 Å². The number of nitrogens with one attached hydrogen (secondary N) is 2. The van der Waals surface area contributed by atoms with Crippen molar-refractivity contribution in [2.45, 2.75) is 39.5 Å². The van der Waals surface area contributed by atoms with Crippen molar-refractivity contribution in [3.63, 3.8) is 0 Å². The second-order valence-electron chi connectivity index (χ2n) is 6.69. The molecule has 0 saturated heterocycles. The number of amides is 2. The largest absolute Gasteiger partial charge is 0.326 e. The fraction of sp³-hybridized carbons (Fsp3) is 0.261. The number of unbranched alkanes of at least 4 members (excludes halogenated alkanes) is 1. The second kappa shape index (κ2) is 9.98. The molecule has 5 nitrogen and oxygen atoms in total. The summed E-state index contributed by atoms with van der Waals surface area (Å²) >= 11 is 1.50. The van der Waals surface area contributed by atoms with Crippen LogP contribution in [0.15, 0.2) is 54.6 Å². The third-order valence-corrected chi connectivity index (χ3v) is 5.59. The van der Waals surface area contributed by atoms with E-state index in [4.69, 9.17) is 0 Å². The van der Waals surface area contributed by atoms with E-state index in [9.17, 15) is 9.59 Å². The monoisotopic (exact) mass is 407 g/mol. The summed E-state index contributed by atoms with van der Waals surface area (Å²) in [6.07, 6.45) is 3.20. The Morgan fingerprint density at radius 1 is 0.966 bits per heavy atom. The molecule has 0 fully saturated rings. The minimum absolute atomic E-state index is 0.00706. The van der Waals surface area contributed by atoms with Gasteiger partial charge in [0.15, 0.2) is 5.13 Å². The van der Waals surface area contributed by atoms with Crippen molar-refractivity contribution in [1.82, 2.24) is 4.98 Å². The number of benzene rings is 2. The van der Waals surface area contributed by atoms with Gasteiger partial charge in [-0.15, -0.1) is 11.3 Å². The molecule has 3 aromatic rings. The molecule has 3 rings (SSSR count). The van der Waals surface area contributed by atoms with Crippen molar-refractivity contribution in [2.75, 3.05) is 10.6 Å². The standard InChI is InChI=1S/C23H25N3O2S/c1-3-5-11-20(27)24-18-14-12-17(13-15-18)22(28)26-23-25-21(19(4-2)29-23)16-9-7-6-8-10-16/h6-10,12-15H,3-5,11H2,1-2H3,(H,24,27)(H,25,26,28). The van der Waals surface area contributed by atoms with Gasteiger partial charge in [0.25, 0.3) is 5.91 Å². The first-order chi connectivity index (χ1) is 14.1. The maximum Gasteiger partial charge on any atom is 0.257 e. The Kier molecular flexibility index (Phi) is 7.14. The van der Waals surface area contributed by atoms with E-state index in [0.717, 1.165) is 35.4 Å². The molecule has 2 amide bonds. The van der Waals surface area contributed by atoms with Crippen molar-refractivity contribution in [1.29, 1.82) is 0 Å². The maximum absolute atomic E-state index is 12.6. The Hall–Kier alpha value is -2.99. The van der Waals surface area contributed by atoms with Crippen LogP contribution in [-0.2, 0) is 11.2 Å². The third kappa shape index (κ3) is 5.51. The quantitative estimate of drug-likeness (QED) is 0.499. The fourth-order valence-corrected chi connectivity index (χ4v) is 3.82. The van der Waals surface area contributed by atoms with Crippen LogP contribution in [0.25, 0.3) is 11.3 Å². The smallest absolute Gasteiger partial charge is 0.257 e. The van der Waals surface area contributed by atoms with Gasteiger partial charge in [-0.05, 0) is 37.1 Å². The summed E-state index contributed by atoms with van der Waals surface area (Å²) in [6.45, 7) is 4.13. The van der Waals surface area contributed by atoms with Crippen molar-refractivity contribution in [3.8, 4) is 11.3 Å². The van der Waals surface area contributed by atoms with E-state index >= 15 is 0 Å². The van der Waals surface area contributed by atoms with Gasteiger partial charge in [0.05, 0.1) is 5.69 Å². The maximum atomic E-state index is 12.6. The Labute approximate surface area is 175 Å². The lowest BCUT2D eigenvalue weighted by molar-refractivity contribution is -0.116. The van der Waals surface area contributed by atoms with Gasteiger partial charge < -0.3 is 5.32 Å². The Bertz CT molecular complexity index is 966. The molecular formula is C23H25N3O2S. The summed E-state index contributed by atoms with van der Waals surface area (Å²) in [5, 5.41) is 6.33. The molecule has 2 N–H and O–H groups in total. The summed E-state index contributed by atoms with van der Waals surface area (Å²) in [5.41, 5.74) is 3.17. The van der Waals surface area contributed by atoms with Crippen LogP contribution in [-0.4, -0.2) is 16.8 Å². The zero-order chi connectivity index (χ0) is 20.6. The molecule has 0 bridgehead atoms. The van der Waals surface area contributed by atoms with Crippen molar-refractivity contribution in [2.24, 2.45) is 0 Å². The SMILES string of the molecule is CCCCC(=O)Nc1ccc(C(=O)Nc2nc(-c3ccccc3)c(CC)s2)cc1. The number of thiazole rings is 1. The van der Waals surface area contributed by atoms with Crippen LogP contribution in [0, 0.1) is 0 Å². The number of hydrogen-bond acceptors (Lipinski definition) is 4. The number of aryl methyl sites for hydroxylation is 1. The molecule has 0 unspecified atom stereocenters. The number of carbonyl (C=O) groups excluding carboxylic acids is 2. The summed E-state index contributed by atoms with van der Waals surface area (Å²) in [5.74, 6) is -0.225. The van der Waals surface area contributed by atoms with E-state index < -0.39 is 0 Å². The molecular weight excluding hydrogens is 382 g/mol.